The van der Waals surface area contributed by atoms with Gasteiger partial charge >= 0.3 is 0 Å². The van der Waals surface area contributed by atoms with Gasteiger partial charge in [0.2, 0.25) is 0 Å². The van der Waals surface area contributed by atoms with Crippen LogP contribution in [0.1, 0.15) is 11.1 Å². The van der Waals surface area contributed by atoms with Gasteiger partial charge in [-0.1, -0.05) is 18.2 Å². The van der Waals surface area contributed by atoms with Crippen LogP contribution in [-0.4, -0.2) is 22.6 Å². The summed E-state index contributed by atoms with van der Waals surface area (Å²) in [5.41, 5.74) is 2.53. The second-order valence-electron chi connectivity index (χ2n) is 5.01. The quantitative estimate of drug-likeness (QED) is 0.803. The number of ether oxygens (including phenoxy) is 1. The van der Waals surface area contributed by atoms with Crippen molar-refractivity contribution in [3.63, 3.8) is 0 Å². The number of halogens is 1. The molecule has 0 saturated heterocycles. The van der Waals surface area contributed by atoms with Crippen molar-refractivity contribution in [2.24, 2.45) is 0 Å². The van der Waals surface area contributed by atoms with Crippen LogP contribution < -0.4 is 9.04 Å². The highest BCUT2D eigenvalue weighted by Gasteiger charge is 2.24. The number of anilines is 1. The molecule has 0 heterocycles. The van der Waals surface area contributed by atoms with Crippen LogP contribution in [-0.2, 0) is 10.0 Å². The summed E-state index contributed by atoms with van der Waals surface area (Å²) in [6.45, 7) is 3.80. The molecule has 0 saturated carbocycles. The second-order valence-corrected chi connectivity index (χ2v) is 7.83. The van der Waals surface area contributed by atoms with Crippen molar-refractivity contribution in [3.8, 4) is 5.75 Å². The van der Waals surface area contributed by atoms with E-state index in [2.05, 4.69) is 15.9 Å². The lowest BCUT2D eigenvalue weighted by Gasteiger charge is -2.23. The minimum atomic E-state index is -3.64. The Balaban J connectivity index is 2.52. The normalized spacial score (nSPS) is 11.3. The number of aryl methyl sites for hydroxylation is 2. The molecule has 0 aliphatic heterocycles. The maximum atomic E-state index is 12.9. The highest BCUT2D eigenvalue weighted by molar-refractivity contribution is 9.10. The molecule has 0 amide bonds. The van der Waals surface area contributed by atoms with Crippen molar-refractivity contribution in [3.05, 3.63) is 52.0 Å². The minimum absolute atomic E-state index is 0.213. The summed E-state index contributed by atoms with van der Waals surface area (Å²) in [6.07, 6.45) is 0. The molecular weight excluding hydrogens is 366 g/mol. The molecule has 22 heavy (non-hydrogen) atoms. The Labute approximate surface area is 139 Å². The number of methoxy groups -OCH3 is 1. The van der Waals surface area contributed by atoms with Gasteiger partial charge in [-0.3, -0.25) is 4.31 Å². The zero-order valence-electron chi connectivity index (χ0n) is 12.9. The maximum absolute atomic E-state index is 12.9. The van der Waals surface area contributed by atoms with Gasteiger partial charge in [0.25, 0.3) is 10.0 Å². The molecule has 0 spiro atoms. The van der Waals surface area contributed by atoms with Crippen LogP contribution in [0.5, 0.6) is 5.75 Å². The van der Waals surface area contributed by atoms with Gasteiger partial charge in [-0.2, -0.15) is 0 Å². The summed E-state index contributed by atoms with van der Waals surface area (Å²) in [5, 5.41) is 0. The molecule has 0 atom stereocenters. The molecule has 0 bridgehead atoms. The zero-order chi connectivity index (χ0) is 16.5. The molecule has 2 rings (SSSR count). The van der Waals surface area contributed by atoms with Crippen LogP contribution in [0.15, 0.2) is 45.8 Å². The summed E-state index contributed by atoms with van der Waals surface area (Å²) in [4.78, 5) is 0.213. The van der Waals surface area contributed by atoms with Crippen molar-refractivity contribution in [1.82, 2.24) is 0 Å². The van der Waals surface area contributed by atoms with Crippen LogP contribution in [0.4, 0.5) is 5.69 Å². The summed E-state index contributed by atoms with van der Waals surface area (Å²) in [5.74, 6) is 0.591. The molecule has 0 aromatic heterocycles. The fourth-order valence-electron chi connectivity index (χ4n) is 2.39. The van der Waals surface area contributed by atoms with Gasteiger partial charge in [-0.25, -0.2) is 8.42 Å². The van der Waals surface area contributed by atoms with E-state index in [0.717, 1.165) is 11.1 Å². The van der Waals surface area contributed by atoms with Gasteiger partial charge in [-0.05, 0) is 59.1 Å². The number of nitrogens with zero attached hydrogens (tertiary/aromatic N) is 1. The molecule has 2 aromatic rings. The van der Waals surface area contributed by atoms with Crippen LogP contribution in [0.2, 0.25) is 0 Å². The Bertz CT molecular complexity index is 783. The van der Waals surface area contributed by atoms with E-state index in [0.29, 0.717) is 15.9 Å². The lowest BCUT2D eigenvalue weighted by molar-refractivity contribution is 0.411. The predicted octanol–water partition coefficient (Wildman–Crippen LogP) is 3.90. The lowest BCUT2D eigenvalue weighted by atomic mass is 10.1. The lowest BCUT2D eigenvalue weighted by Crippen LogP contribution is -2.28. The van der Waals surface area contributed by atoms with Crippen molar-refractivity contribution < 1.29 is 13.2 Å². The van der Waals surface area contributed by atoms with Gasteiger partial charge in [0.15, 0.2) is 0 Å². The molecular formula is C16H18BrNO3S. The van der Waals surface area contributed by atoms with Crippen molar-refractivity contribution in [1.29, 1.82) is 0 Å². The summed E-state index contributed by atoms with van der Waals surface area (Å²) >= 11 is 3.33. The number of hydrogen-bond acceptors (Lipinski definition) is 3. The van der Waals surface area contributed by atoms with Crippen LogP contribution in [0.25, 0.3) is 0 Å². The molecule has 0 radical (unpaired) electrons. The molecule has 0 fully saturated rings. The van der Waals surface area contributed by atoms with E-state index in [1.165, 1.54) is 11.4 Å². The van der Waals surface area contributed by atoms with E-state index in [1.54, 1.807) is 25.2 Å². The van der Waals surface area contributed by atoms with Crippen molar-refractivity contribution in [2.75, 3.05) is 18.5 Å². The largest absolute Gasteiger partial charge is 0.496 e. The molecule has 0 aliphatic carbocycles. The second kappa shape index (κ2) is 6.30. The third-order valence-electron chi connectivity index (χ3n) is 3.54. The van der Waals surface area contributed by atoms with Gasteiger partial charge in [0.05, 0.1) is 22.2 Å². The third-order valence-corrected chi connectivity index (χ3v) is 5.91. The zero-order valence-corrected chi connectivity index (χ0v) is 15.3. The van der Waals surface area contributed by atoms with E-state index in [1.807, 2.05) is 32.0 Å². The maximum Gasteiger partial charge on any atom is 0.264 e. The predicted molar refractivity (Wildman–Crippen MR) is 92.2 cm³/mol. The highest BCUT2D eigenvalue weighted by Crippen LogP contribution is 2.32. The molecule has 4 nitrogen and oxygen atoms in total. The Morgan fingerprint density at radius 1 is 1.09 bits per heavy atom. The first kappa shape index (κ1) is 16.8. The fourth-order valence-corrected chi connectivity index (χ4v) is 4.43. The summed E-state index contributed by atoms with van der Waals surface area (Å²) in [7, 11) is -0.526. The molecule has 0 unspecified atom stereocenters. The van der Waals surface area contributed by atoms with E-state index in [-0.39, 0.29) is 4.90 Å². The Morgan fingerprint density at radius 3 is 2.18 bits per heavy atom. The minimum Gasteiger partial charge on any atom is -0.496 e. The molecule has 118 valence electrons. The molecule has 2 aromatic carbocycles. The van der Waals surface area contributed by atoms with Crippen molar-refractivity contribution in [2.45, 2.75) is 18.7 Å². The Hall–Kier alpha value is -1.53. The topological polar surface area (TPSA) is 46.6 Å². The first-order chi connectivity index (χ1) is 10.3. The van der Waals surface area contributed by atoms with Crippen LogP contribution >= 0.6 is 15.9 Å². The van der Waals surface area contributed by atoms with Crippen molar-refractivity contribution >= 4 is 31.6 Å². The number of sulfonamides is 1. The van der Waals surface area contributed by atoms with Gasteiger partial charge in [-0.15, -0.1) is 0 Å². The smallest absolute Gasteiger partial charge is 0.264 e. The number of para-hydroxylation sites is 1. The number of hydrogen-bond donors (Lipinski definition) is 0. The first-order valence-corrected chi connectivity index (χ1v) is 8.91. The Morgan fingerprint density at radius 2 is 1.68 bits per heavy atom. The number of rotatable bonds is 4. The molecule has 6 heteroatoms. The fraction of sp³-hybridized carbons (Fsp3) is 0.250. The van der Waals surface area contributed by atoms with E-state index in [4.69, 9.17) is 4.74 Å². The summed E-state index contributed by atoms with van der Waals surface area (Å²) < 4.78 is 32.8. The molecule has 0 N–H and O–H groups in total. The first-order valence-electron chi connectivity index (χ1n) is 6.67. The monoisotopic (exact) mass is 383 g/mol. The third kappa shape index (κ3) is 2.98. The highest BCUT2D eigenvalue weighted by atomic mass is 79.9. The number of benzene rings is 2. The average Bonchev–Trinajstić information content (AvgIpc) is 2.46. The summed E-state index contributed by atoms with van der Waals surface area (Å²) in [6, 6.07) is 10.5. The average molecular weight is 384 g/mol. The van der Waals surface area contributed by atoms with E-state index in [9.17, 15) is 8.42 Å². The van der Waals surface area contributed by atoms with Crippen LogP contribution in [0, 0.1) is 13.8 Å². The van der Waals surface area contributed by atoms with Gasteiger partial charge in [0, 0.05) is 7.05 Å². The standard InChI is InChI=1S/C16H18BrNO3S/c1-11-6-5-7-12(2)16(11)18(3)22(19,20)13-8-9-15(21-4)14(17)10-13/h5-10H,1-4H3. The van der Waals surface area contributed by atoms with E-state index >= 15 is 0 Å². The Kier molecular flexibility index (Phi) is 4.82. The molecule has 0 aliphatic rings. The SMILES string of the molecule is COc1ccc(S(=O)(=O)N(C)c2c(C)cccc2C)cc1Br. The van der Waals surface area contributed by atoms with E-state index < -0.39 is 10.0 Å². The van der Waals surface area contributed by atoms with Gasteiger partial charge < -0.3 is 4.74 Å². The van der Waals surface area contributed by atoms with Gasteiger partial charge in [0.1, 0.15) is 5.75 Å². The van der Waals surface area contributed by atoms with Crippen LogP contribution in [0.3, 0.4) is 0 Å².